The van der Waals surface area contributed by atoms with Crippen molar-refractivity contribution in [1.82, 2.24) is 0 Å². The first-order valence-corrected chi connectivity index (χ1v) is 6.35. The molecule has 0 fully saturated rings. The minimum absolute atomic E-state index is 0.211. The van der Waals surface area contributed by atoms with Gasteiger partial charge in [0, 0.05) is 6.92 Å². The lowest BCUT2D eigenvalue weighted by atomic mass is 10.1. The van der Waals surface area contributed by atoms with E-state index in [4.69, 9.17) is 9.84 Å². The summed E-state index contributed by atoms with van der Waals surface area (Å²) in [5, 5.41) is 20.8. The molecule has 2 aliphatic carbocycles. The van der Waals surface area contributed by atoms with Gasteiger partial charge in [-0.25, -0.2) is 4.39 Å². The van der Waals surface area contributed by atoms with E-state index >= 15 is 0 Å². The molecule has 1 unspecified atom stereocenters. The van der Waals surface area contributed by atoms with Crippen LogP contribution in [0.25, 0.3) is 0 Å². The van der Waals surface area contributed by atoms with E-state index in [1.165, 1.54) is 29.5 Å². The molecule has 2 N–H and O–H groups in total. The molecule has 110 valence electrons. The van der Waals surface area contributed by atoms with Crippen LogP contribution in [0.4, 0.5) is 4.39 Å². The van der Waals surface area contributed by atoms with Gasteiger partial charge in [0.25, 0.3) is 0 Å². The van der Waals surface area contributed by atoms with Crippen molar-refractivity contribution < 1.29 is 24.1 Å². The van der Waals surface area contributed by atoms with Crippen LogP contribution in [-0.2, 0) is 4.79 Å². The summed E-state index contributed by atoms with van der Waals surface area (Å²) in [6.07, 6.45) is -0.551. The molecule has 1 aromatic rings. The number of aliphatic carboxylic acids is 1. The van der Waals surface area contributed by atoms with Crippen molar-refractivity contribution in [2.24, 2.45) is 0 Å². The first-order valence-electron chi connectivity index (χ1n) is 6.35. The number of aliphatic hydroxyl groups is 1. The summed E-state index contributed by atoms with van der Waals surface area (Å²) in [5.74, 6) is -3.20. The Labute approximate surface area is 120 Å². The molecule has 0 heterocycles. The quantitative estimate of drug-likeness (QED) is 0.725. The Morgan fingerprint density at radius 2 is 1.57 bits per heavy atom. The molecule has 5 heteroatoms. The van der Waals surface area contributed by atoms with Gasteiger partial charge in [0.2, 0.25) is 5.79 Å². The number of carboxylic acid groups (broad SMARTS) is 1. The lowest BCUT2D eigenvalue weighted by Gasteiger charge is -2.22. The maximum Gasteiger partial charge on any atom is 0.310 e. The van der Waals surface area contributed by atoms with Gasteiger partial charge in [-0.1, -0.05) is 24.3 Å². The van der Waals surface area contributed by atoms with E-state index in [1.807, 2.05) is 0 Å². The highest BCUT2D eigenvalue weighted by molar-refractivity contribution is 5.67. The van der Waals surface area contributed by atoms with Crippen molar-refractivity contribution in [3.8, 4) is 5.75 Å². The Kier molecular flexibility index (Phi) is 4.23. The maximum atomic E-state index is 12.5. The normalized spacial score (nSPS) is 13.5. The van der Waals surface area contributed by atoms with Crippen molar-refractivity contribution in [3.63, 3.8) is 0 Å². The van der Waals surface area contributed by atoms with E-state index in [-0.39, 0.29) is 5.75 Å². The second-order valence-electron chi connectivity index (χ2n) is 4.88. The summed E-state index contributed by atoms with van der Waals surface area (Å²) in [5.41, 5.74) is 0. The van der Waals surface area contributed by atoms with Gasteiger partial charge >= 0.3 is 5.97 Å². The first kappa shape index (κ1) is 15.0. The van der Waals surface area contributed by atoms with Crippen LogP contribution in [0.2, 0.25) is 0 Å². The third kappa shape index (κ3) is 4.29. The predicted molar refractivity (Wildman–Crippen MR) is 74.0 cm³/mol. The van der Waals surface area contributed by atoms with Crippen LogP contribution < -0.4 is 4.74 Å². The van der Waals surface area contributed by atoms with Crippen molar-refractivity contribution in [3.05, 3.63) is 64.8 Å². The summed E-state index contributed by atoms with van der Waals surface area (Å²) in [6, 6.07) is 13.4. The minimum atomic E-state index is -1.80. The number of ether oxygens (including phenoxy) is 1. The molecule has 0 aromatic heterocycles. The molecule has 21 heavy (non-hydrogen) atoms. The van der Waals surface area contributed by atoms with Gasteiger partial charge in [0.1, 0.15) is 18.0 Å². The summed E-state index contributed by atoms with van der Waals surface area (Å²) < 4.78 is 17.5. The van der Waals surface area contributed by atoms with Gasteiger partial charge < -0.3 is 14.9 Å². The van der Waals surface area contributed by atoms with Crippen molar-refractivity contribution in [2.75, 3.05) is 0 Å². The molecule has 0 saturated heterocycles. The minimum Gasteiger partial charge on any atom is -0.481 e. The number of carboxylic acids is 1. The Morgan fingerprint density at radius 3 is 1.90 bits per heavy atom. The highest BCUT2D eigenvalue weighted by atomic mass is 19.1. The van der Waals surface area contributed by atoms with Crippen molar-refractivity contribution in [2.45, 2.75) is 19.1 Å². The predicted octanol–water partition coefficient (Wildman–Crippen LogP) is 2.67. The van der Waals surface area contributed by atoms with E-state index in [0.717, 1.165) is 12.1 Å². The molecule has 3 rings (SSSR count). The van der Waals surface area contributed by atoms with Crippen LogP contribution in [0.15, 0.2) is 48.5 Å². The fourth-order valence-corrected chi connectivity index (χ4v) is 1.74. The summed E-state index contributed by atoms with van der Waals surface area (Å²) in [4.78, 5) is 10.4. The SMILES string of the molecule is CC(O)(CC(=O)O)Oc1ccc(F)cc1.c1cc2ccc1=2. The zero-order valence-corrected chi connectivity index (χ0v) is 11.4. The second-order valence-corrected chi connectivity index (χ2v) is 4.88. The van der Waals surface area contributed by atoms with E-state index in [2.05, 4.69) is 24.3 Å². The van der Waals surface area contributed by atoms with Crippen molar-refractivity contribution in [1.29, 1.82) is 0 Å². The fourth-order valence-electron chi connectivity index (χ4n) is 1.74. The number of benzene rings is 2. The lowest BCUT2D eigenvalue weighted by Crippen LogP contribution is -2.34. The Balaban J connectivity index is 0.000000218. The number of carbonyl (C=O) groups is 1. The average Bonchev–Trinajstić information content (AvgIpc) is 2.35. The molecule has 0 radical (unpaired) electrons. The van der Waals surface area contributed by atoms with Gasteiger partial charge in [-0.05, 0) is 34.7 Å². The third-order valence-corrected chi connectivity index (χ3v) is 2.85. The maximum absolute atomic E-state index is 12.5. The third-order valence-electron chi connectivity index (χ3n) is 2.85. The molecular formula is C16H15FO4. The standard InChI is InChI=1S/C10H11FO4.C6H4/c1-10(14,6-9(12)13)15-8-4-2-7(11)3-5-8;1-2-6-4-3-5(1)6/h2-5,14H,6H2,1H3,(H,12,13);1-4H. The van der Waals surface area contributed by atoms with Gasteiger partial charge in [-0.2, -0.15) is 0 Å². The molecule has 1 atom stereocenters. The zero-order chi connectivity index (χ0) is 15.5. The van der Waals surface area contributed by atoms with E-state index < -0.39 is 24.0 Å². The highest BCUT2D eigenvalue weighted by Crippen LogP contribution is 2.19. The van der Waals surface area contributed by atoms with Crippen LogP contribution in [0, 0.1) is 16.3 Å². The van der Waals surface area contributed by atoms with Crippen LogP contribution in [0.3, 0.4) is 0 Å². The average molecular weight is 290 g/mol. The number of hydrogen-bond donors (Lipinski definition) is 2. The van der Waals surface area contributed by atoms with Gasteiger partial charge in [-0.3, -0.25) is 4.79 Å². The van der Waals surface area contributed by atoms with Gasteiger partial charge in [-0.15, -0.1) is 0 Å². The van der Waals surface area contributed by atoms with E-state index in [0.29, 0.717) is 0 Å². The highest BCUT2D eigenvalue weighted by Gasteiger charge is 2.26. The number of halogens is 1. The molecule has 0 bridgehead atoms. The molecule has 0 saturated carbocycles. The van der Waals surface area contributed by atoms with Crippen LogP contribution >= 0.6 is 0 Å². The Hall–Kier alpha value is -2.40. The van der Waals surface area contributed by atoms with E-state index in [9.17, 15) is 14.3 Å². The molecule has 4 nitrogen and oxygen atoms in total. The van der Waals surface area contributed by atoms with Crippen LogP contribution in [-0.4, -0.2) is 22.0 Å². The molecule has 0 spiro atoms. The van der Waals surface area contributed by atoms with Crippen LogP contribution in [0.1, 0.15) is 13.3 Å². The van der Waals surface area contributed by atoms with Crippen molar-refractivity contribution >= 4 is 5.97 Å². The topological polar surface area (TPSA) is 66.8 Å². The van der Waals surface area contributed by atoms with E-state index in [1.54, 1.807) is 0 Å². The second kappa shape index (κ2) is 5.93. The largest absolute Gasteiger partial charge is 0.481 e. The molecule has 0 aliphatic heterocycles. The summed E-state index contributed by atoms with van der Waals surface area (Å²) >= 11 is 0. The van der Waals surface area contributed by atoms with Gasteiger partial charge in [0.15, 0.2) is 0 Å². The molecule has 2 aliphatic rings. The summed E-state index contributed by atoms with van der Waals surface area (Å²) in [7, 11) is 0. The zero-order valence-electron chi connectivity index (χ0n) is 11.4. The van der Waals surface area contributed by atoms with Gasteiger partial charge in [0.05, 0.1) is 0 Å². The summed E-state index contributed by atoms with van der Waals surface area (Å²) in [6.45, 7) is 1.23. The first-order chi connectivity index (χ1) is 9.85. The fraction of sp³-hybridized carbons (Fsp3) is 0.188. The smallest absolute Gasteiger partial charge is 0.310 e. The molecular weight excluding hydrogens is 275 g/mol. The number of rotatable bonds is 4. The molecule has 1 aromatic carbocycles. The van der Waals surface area contributed by atoms with Crippen LogP contribution in [0.5, 0.6) is 5.75 Å². The monoisotopic (exact) mass is 290 g/mol. The lowest BCUT2D eigenvalue weighted by molar-refractivity contribution is -0.161. The molecule has 0 amide bonds. The Bertz CT molecular complexity index is 672. The Morgan fingerprint density at radius 1 is 1.10 bits per heavy atom. The number of hydrogen-bond acceptors (Lipinski definition) is 3.